The molecule has 0 aromatic heterocycles. The Labute approximate surface area is 267 Å². The predicted octanol–water partition coefficient (Wildman–Crippen LogP) is 5.06. The minimum atomic E-state index is -4.13. The summed E-state index contributed by atoms with van der Waals surface area (Å²) in [7, 11) is 0.310. The number of phenols is 1. The van der Waals surface area contributed by atoms with Crippen LogP contribution in [0, 0.1) is 0 Å². The molecule has 0 saturated carbocycles. The summed E-state index contributed by atoms with van der Waals surface area (Å²) in [5.74, 6) is 1.76. The van der Waals surface area contributed by atoms with Gasteiger partial charge in [0.1, 0.15) is 33.6 Å². The van der Waals surface area contributed by atoms with Crippen LogP contribution in [0.15, 0.2) is 77.7 Å². The summed E-state index contributed by atoms with van der Waals surface area (Å²) in [5.41, 5.74) is 2.42. The zero-order chi connectivity index (χ0) is 32.4. The quantitative estimate of drug-likeness (QED) is 0.305. The van der Waals surface area contributed by atoms with Crippen LogP contribution in [-0.2, 0) is 16.4 Å². The van der Waals surface area contributed by atoms with E-state index in [9.17, 15) is 18.3 Å². The molecule has 3 heterocycles. The summed E-state index contributed by atoms with van der Waals surface area (Å²) in [4.78, 5) is 12.8. The number of rotatable bonds is 5. The van der Waals surface area contributed by atoms with Crippen LogP contribution in [0.3, 0.4) is 0 Å². The lowest BCUT2D eigenvalue weighted by Crippen LogP contribution is -2.40. The molecule has 0 radical (unpaired) electrons. The van der Waals surface area contributed by atoms with E-state index in [0.29, 0.717) is 47.2 Å². The van der Waals surface area contributed by atoms with Gasteiger partial charge in [-0.2, -0.15) is 4.31 Å². The highest BCUT2D eigenvalue weighted by Gasteiger charge is 2.39. The lowest BCUT2D eigenvalue weighted by Gasteiger charge is -2.37. The molecular formula is C34H34N2O9S. The van der Waals surface area contributed by atoms with Crippen LogP contribution in [0.5, 0.6) is 40.2 Å². The van der Waals surface area contributed by atoms with Crippen molar-refractivity contribution in [1.82, 2.24) is 9.62 Å². The molecule has 1 atom stereocenters. The summed E-state index contributed by atoms with van der Waals surface area (Å²) in [6.45, 7) is 0.685. The van der Waals surface area contributed by atoms with Gasteiger partial charge in [0.15, 0.2) is 11.5 Å². The Morgan fingerprint density at radius 1 is 0.891 bits per heavy atom. The molecule has 7 rings (SSSR count). The van der Waals surface area contributed by atoms with Crippen molar-refractivity contribution in [3.63, 3.8) is 0 Å². The van der Waals surface area contributed by atoms with Crippen molar-refractivity contribution in [3.05, 3.63) is 95.1 Å². The number of hydrogen-bond acceptors (Lipinski definition) is 9. The topological polar surface area (TPSA) is 133 Å². The average molecular weight is 647 g/mol. The van der Waals surface area contributed by atoms with Gasteiger partial charge in [-0.25, -0.2) is 8.42 Å². The highest BCUT2D eigenvalue weighted by molar-refractivity contribution is 7.89. The number of nitrogens with one attached hydrogen (secondary N) is 1. The number of methoxy groups -OCH3 is 3. The van der Waals surface area contributed by atoms with Crippen LogP contribution in [0.4, 0.5) is 0 Å². The number of hydrogen-bond donors (Lipinski definition) is 2. The Morgan fingerprint density at radius 2 is 1.65 bits per heavy atom. The monoisotopic (exact) mass is 646 g/mol. The molecular weight excluding hydrogens is 612 g/mol. The van der Waals surface area contributed by atoms with Gasteiger partial charge in [0, 0.05) is 19.2 Å². The van der Waals surface area contributed by atoms with Crippen LogP contribution >= 0.6 is 0 Å². The van der Waals surface area contributed by atoms with E-state index in [1.54, 1.807) is 36.4 Å². The van der Waals surface area contributed by atoms with E-state index in [1.165, 1.54) is 43.8 Å². The molecule has 3 aliphatic heterocycles. The van der Waals surface area contributed by atoms with Crippen LogP contribution in [0.1, 0.15) is 39.5 Å². The number of phenolic OH excluding ortho intramolecular Hbond substituents is 1. The highest BCUT2D eigenvalue weighted by atomic mass is 32.2. The van der Waals surface area contributed by atoms with Crippen molar-refractivity contribution in [2.24, 2.45) is 0 Å². The fourth-order valence-corrected chi connectivity index (χ4v) is 7.55. The van der Waals surface area contributed by atoms with Crippen LogP contribution in [-0.4, -0.2) is 64.8 Å². The smallest absolute Gasteiger partial charge is 0.255 e. The van der Waals surface area contributed by atoms with E-state index in [1.807, 2.05) is 18.2 Å². The standard InChI is InChI=1S/C34H34N2O9S/c1-41-23-8-12-30(43-3)32(20-23)46(39,40)36-15-13-21-17-24-6-9-26(21)33(36)22-5-11-29(42-2)31(18-22)44-16-4-14-35-34(38)27-19-25(45-24)7-10-28(27)37/h5-12,17-20,33,37H,4,13-16H2,1-3H3,(H,35,38). The third-order valence-electron chi connectivity index (χ3n) is 8.07. The lowest BCUT2D eigenvalue weighted by atomic mass is 9.89. The largest absolute Gasteiger partial charge is 0.507 e. The molecule has 12 heteroatoms. The number of ether oxygens (including phenoxy) is 5. The summed E-state index contributed by atoms with van der Waals surface area (Å²) < 4.78 is 59.1. The molecule has 4 aromatic carbocycles. The lowest BCUT2D eigenvalue weighted by molar-refractivity contribution is 0.0948. The Bertz CT molecular complexity index is 1890. The summed E-state index contributed by atoms with van der Waals surface area (Å²) in [5, 5.41) is 13.2. The third-order valence-corrected chi connectivity index (χ3v) is 9.96. The first-order valence-corrected chi connectivity index (χ1v) is 16.1. The zero-order valence-electron chi connectivity index (χ0n) is 25.6. The second kappa shape index (κ2) is 12.8. The maximum absolute atomic E-state index is 14.5. The first kappa shape index (κ1) is 31.1. The number of carbonyl (C=O) groups is 1. The Balaban J connectivity index is 1.50. The number of sulfonamides is 1. The van der Waals surface area contributed by atoms with Crippen molar-refractivity contribution in [2.45, 2.75) is 23.8 Å². The van der Waals surface area contributed by atoms with E-state index in [-0.39, 0.29) is 41.7 Å². The number of fused-ring (bicyclic) bond motifs is 6. The highest BCUT2D eigenvalue weighted by Crippen LogP contribution is 2.44. The van der Waals surface area contributed by atoms with Gasteiger partial charge >= 0.3 is 0 Å². The minimum Gasteiger partial charge on any atom is -0.507 e. The Morgan fingerprint density at radius 3 is 2.43 bits per heavy atom. The molecule has 0 saturated heterocycles. The second-order valence-electron chi connectivity index (χ2n) is 10.8. The van der Waals surface area contributed by atoms with Crippen molar-refractivity contribution in [1.29, 1.82) is 0 Å². The van der Waals surface area contributed by atoms with Crippen LogP contribution in [0.2, 0.25) is 0 Å². The molecule has 8 bridgehead atoms. The molecule has 0 spiro atoms. The van der Waals surface area contributed by atoms with Gasteiger partial charge < -0.3 is 34.1 Å². The number of carbonyl (C=O) groups excluding carboxylic acids is 1. The normalized spacial score (nSPS) is 16.7. The van der Waals surface area contributed by atoms with Gasteiger partial charge in [-0.3, -0.25) is 4.79 Å². The molecule has 1 unspecified atom stereocenters. The fraction of sp³-hybridized carbons (Fsp3) is 0.265. The van der Waals surface area contributed by atoms with Crippen molar-refractivity contribution in [3.8, 4) is 40.2 Å². The fourth-order valence-electron chi connectivity index (χ4n) is 5.78. The van der Waals surface area contributed by atoms with E-state index in [0.717, 1.165) is 11.1 Å². The van der Waals surface area contributed by atoms with Crippen LogP contribution < -0.4 is 29.0 Å². The number of aromatic hydroxyl groups is 1. The minimum absolute atomic E-state index is 0.00706. The van der Waals surface area contributed by atoms with Crippen molar-refractivity contribution in [2.75, 3.05) is 41.0 Å². The molecule has 0 aliphatic carbocycles. The maximum Gasteiger partial charge on any atom is 0.255 e. The summed E-state index contributed by atoms with van der Waals surface area (Å²) >= 11 is 0. The number of nitrogens with zero attached hydrogens (tertiary/aromatic N) is 1. The van der Waals surface area contributed by atoms with E-state index in [2.05, 4.69) is 5.32 Å². The Hall–Kier alpha value is -4.94. The van der Waals surface area contributed by atoms with Gasteiger partial charge in [0.2, 0.25) is 10.0 Å². The van der Waals surface area contributed by atoms with E-state index in [4.69, 9.17) is 23.7 Å². The molecule has 0 fully saturated rings. The van der Waals surface area contributed by atoms with Crippen molar-refractivity contribution >= 4 is 15.9 Å². The van der Waals surface area contributed by atoms with Gasteiger partial charge in [0.25, 0.3) is 5.91 Å². The second-order valence-corrected chi connectivity index (χ2v) is 12.7. The first-order valence-electron chi connectivity index (χ1n) is 14.7. The van der Waals surface area contributed by atoms with E-state index < -0.39 is 22.0 Å². The van der Waals surface area contributed by atoms with Gasteiger partial charge in [-0.1, -0.05) is 12.1 Å². The van der Waals surface area contributed by atoms with Gasteiger partial charge in [0.05, 0.1) is 39.5 Å². The average Bonchev–Trinajstić information content (AvgIpc) is 3.07. The van der Waals surface area contributed by atoms with Gasteiger partial charge in [-0.15, -0.1) is 0 Å². The SMILES string of the molecule is COc1ccc(OC)c(S(=O)(=O)N2CCc3cc4ccc3C2c2ccc(OC)c(c2)OCCCNC(=O)c2cc(ccc2O)O4)c1. The third kappa shape index (κ3) is 5.88. The predicted molar refractivity (Wildman–Crippen MR) is 169 cm³/mol. The molecule has 240 valence electrons. The molecule has 46 heavy (non-hydrogen) atoms. The Kier molecular flexibility index (Phi) is 8.65. The van der Waals surface area contributed by atoms with Crippen LogP contribution in [0.25, 0.3) is 0 Å². The molecule has 1 amide bonds. The molecule has 2 N–H and O–H groups in total. The molecule has 4 aromatic rings. The maximum atomic E-state index is 14.5. The summed E-state index contributed by atoms with van der Waals surface area (Å²) in [6.07, 6.45) is 0.859. The summed E-state index contributed by atoms with van der Waals surface area (Å²) in [6, 6.07) is 19.3. The number of benzene rings is 4. The molecule has 3 aliphatic rings. The van der Waals surface area contributed by atoms with Crippen molar-refractivity contribution < 1.29 is 42.0 Å². The first-order chi connectivity index (χ1) is 22.2. The zero-order valence-corrected chi connectivity index (χ0v) is 26.4. The molecule has 11 nitrogen and oxygen atoms in total. The number of amides is 1. The van der Waals surface area contributed by atoms with E-state index >= 15 is 0 Å². The van der Waals surface area contributed by atoms with Gasteiger partial charge in [-0.05, 0) is 84.1 Å².